The van der Waals surface area contributed by atoms with E-state index in [1.54, 1.807) is 12.1 Å². The highest BCUT2D eigenvalue weighted by atomic mass is 35.5. The summed E-state index contributed by atoms with van der Waals surface area (Å²) in [4.78, 5) is 12.9. The van der Waals surface area contributed by atoms with E-state index in [2.05, 4.69) is 10.0 Å². The van der Waals surface area contributed by atoms with Gasteiger partial charge < -0.3 is 5.32 Å². The fraction of sp³-hybridized carbons (Fsp3) is 0.240. The monoisotopic (exact) mass is 649 g/mol. The molecule has 0 aromatic heterocycles. The van der Waals surface area contributed by atoms with E-state index in [4.69, 9.17) is 46.4 Å². The molecule has 0 aliphatic carbocycles. The van der Waals surface area contributed by atoms with Crippen LogP contribution in [0.2, 0.25) is 20.1 Å². The molecule has 0 bridgehead atoms. The lowest BCUT2D eigenvalue weighted by Crippen LogP contribution is -2.44. The molecule has 0 spiro atoms. The van der Waals surface area contributed by atoms with Crippen LogP contribution in [0.25, 0.3) is 0 Å². The lowest BCUT2D eigenvalue weighted by atomic mass is 9.99. The van der Waals surface area contributed by atoms with E-state index in [-0.39, 0.29) is 38.8 Å². The quantitative estimate of drug-likeness (QED) is 0.298. The molecule has 0 saturated carbocycles. The minimum Gasteiger partial charge on any atom is -0.326 e. The summed E-state index contributed by atoms with van der Waals surface area (Å²) in [6.45, 7) is 0.346. The second-order valence-electron chi connectivity index (χ2n) is 8.95. The molecule has 1 saturated heterocycles. The Morgan fingerprint density at radius 3 is 2.26 bits per heavy atom. The van der Waals surface area contributed by atoms with Crippen LogP contribution in [-0.2, 0) is 30.6 Å². The molecule has 1 atom stereocenters. The molecule has 1 amide bonds. The van der Waals surface area contributed by atoms with Gasteiger partial charge >= 0.3 is 0 Å². The Balaban J connectivity index is 1.39. The van der Waals surface area contributed by atoms with Crippen molar-refractivity contribution in [2.45, 2.75) is 23.5 Å². The SMILES string of the molecule is O=C(Nc1ccc(S(=O)(=O)Nc2ccc(Cl)cc2Cl)cc1)[C@H]1CCCN(S(=O)(=O)Cc2ccc(Cl)c(Cl)c2)C1. The molecule has 1 fully saturated rings. The van der Waals surface area contributed by atoms with Gasteiger partial charge in [0.15, 0.2) is 0 Å². The number of nitrogens with one attached hydrogen (secondary N) is 2. The third-order valence-corrected chi connectivity index (χ3v) is 10.6. The van der Waals surface area contributed by atoms with Crippen LogP contribution >= 0.6 is 46.4 Å². The lowest BCUT2D eigenvalue weighted by molar-refractivity contribution is -0.120. The Labute approximate surface area is 247 Å². The third kappa shape index (κ3) is 7.58. The molecule has 3 aromatic rings. The van der Waals surface area contributed by atoms with Gasteiger partial charge in [0.1, 0.15) is 0 Å². The van der Waals surface area contributed by atoms with E-state index in [0.717, 1.165) is 0 Å². The molecule has 1 aliphatic rings. The smallest absolute Gasteiger partial charge is 0.261 e. The van der Waals surface area contributed by atoms with Crippen molar-refractivity contribution < 1.29 is 21.6 Å². The molecule has 3 aromatic carbocycles. The van der Waals surface area contributed by atoms with E-state index in [9.17, 15) is 21.6 Å². The van der Waals surface area contributed by atoms with Gasteiger partial charge in [-0.25, -0.2) is 21.1 Å². The van der Waals surface area contributed by atoms with Crippen molar-refractivity contribution in [1.82, 2.24) is 4.31 Å². The minimum atomic E-state index is -3.95. The first-order chi connectivity index (χ1) is 18.3. The fourth-order valence-electron chi connectivity index (χ4n) is 4.08. The number of sulfonamides is 2. The second-order valence-corrected chi connectivity index (χ2v) is 14.3. The zero-order chi connectivity index (χ0) is 28.4. The van der Waals surface area contributed by atoms with Crippen LogP contribution in [0.3, 0.4) is 0 Å². The van der Waals surface area contributed by atoms with Gasteiger partial charge in [-0.05, 0) is 73.0 Å². The fourth-order valence-corrected chi connectivity index (χ4v) is 7.59. The van der Waals surface area contributed by atoms with Crippen molar-refractivity contribution in [2.75, 3.05) is 23.1 Å². The predicted octanol–water partition coefficient (Wildman–Crippen LogP) is 6.28. The number of carbonyl (C=O) groups excluding carboxylic acids is 1. The van der Waals surface area contributed by atoms with Gasteiger partial charge in [0.2, 0.25) is 15.9 Å². The zero-order valence-electron chi connectivity index (χ0n) is 20.2. The van der Waals surface area contributed by atoms with Crippen LogP contribution in [0.4, 0.5) is 11.4 Å². The highest BCUT2D eigenvalue weighted by molar-refractivity contribution is 7.92. The molecule has 39 heavy (non-hydrogen) atoms. The highest BCUT2D eigenvalue weighted by Crippen LogP contribution is 2.29. The molecule has 14 heteroatoms. The maximum atomic E-state index is 13.0. The molecule has 1 heterocycles. The van der Waals surface area contributed by atoms with Gasteiger partial charge in [0, 0.05) is 23.8 Å². The number of carbonyl (C=O) groups is 1. The number of piperidine rings is 1. The summed E-state index contributed by atoms with van der Waals surface area (Å²) in [5.74, 6) is -1.19. The summed E-state index contributed by atoms with van der Waals surface area (Å²) in [7, 11) is -7.65. The number of rotatable bonds is 8. The Morgan fingerprint density at radius 2 is 1.59 bits per heavy atom. The summed E-state index contributed by atoms with van der Waals surface area (Å²) < 4.78 is 55.2. The first-order valence-electron chi connectivity index (χ1n) is 11.6. The van der Waals surface area contributed by atoms with Crippen molar-refractivity contribution in [3.8, 4) is 0 Å². The van der Waals surface area contributed by atoms with Crippen molar-refractivity contribution in [2.24, 2.45) is 5.92 Å². The molecular weight excluding hydrogens is 628 g/mol. The van der Waals surface area contributed by atoms with E-state index < -0.39 is 26.0 Å². The second kappa shape index (κ2) is 12.2. The van der Waals surface area contributed by atoms with E-state index in [1.807, 2.05) is 0 Å². The van der Waals surface area contributed by atoms with Crippen LogP contribution in [0.5, 0.6) is 0 Å². The first-order valence-corrected chi connectivity index (χ1v) is 16.2. The van der Waals surface area contributed by atoms with Crippen molar-refractivity contribution in [3.05, 3.63) is 86.3 Å². The summed E-state index contributed by atoms with van der Waals surface area (Å²) in [5.41, 5.74) is 1.05. The minimum absolute atomic E-state index is 0.0354. The Kier molecular flexibility index (Phi) is 9.37. The van der Waals surface area contributed by atoms with E-state index in [0.29, 0.717) is 40.7 Å². The lowest BCUT2D eigenvalue weighted by Gasteiger charge is -2.31. The van der Waals surface area contributed by atoms with Gasteiger partial charge in [-0.15, -0.1) is 0 Å². The Morgan fingerprint density at radius 1 is 0.872 bits per heavy atom. The summed E-state index contributed by atoms with van der Waals surface area (Å²) in [6, 6.07) is 14.6. The zero-order valence-corrected chi connectivity index (χ0v) is 24.9. The van der Waals surface area contributed by atoms with Crippen LogP contribution in [-0.4, -0.2) is 40.1 Å². The van der Waals surface area contributed by atoms with Crippen LogP contribution in [0, 0.1) is 5.92 Å². The molecule has 0 unspecified atom stereocenters. The number of anilines is 2. The maximum absolute atomic E-state index is 13.0. The Bertz CT molecular complexity index is 1600. The van der Waals surface area contributed by atoms with Gasteiger partial charge in [-0.2, -0.15) is 0 Å². The van der Waals surface area contributed by atoms with Gasteiger partial charge in [0.25, 0.3) is 10.0 Å². The van der Waals surface area contributed by atoms with Crippen LogP contribution < -0.4 is 10.0 Å². The topological polar surface area (TPSA) is 113 Å². The van der Waals surface area contributed by atoms with Crippen LogP contribution in [0.1, 0.15) is 18.4 Å². The normalized spacial score (nSPS) is 16.6. The van der Waals surface area contributed by atoms with Crippen LogP contribution in [0.15, 0.2) is 65.6 Å². The molecule has 2 N–H and O–H groups in total. The number of benzene rings is 3. The average Bonchev–Trinajstić information content (AvgIpc) is 2.88. The molecule has 4 rings (SSSR count). The molecule has 8 nitrogen and oxygen atoms in total. The summed E-state index contributed by atoms with van der Waals surface area (Å²) >= 11 is 23.8. The molecular formula is C25H23Cl4N3O5S2. The summed E-state index contributed by atoms with van der Waals surface area (Å²) in [5, 5.41) is 3.87. The number of nitrogens with zero attached hydrogens (tertiary/aromatic N) is 1. The van der Waals surface area contributed by atoms with E-state index >= 15 is 0 Å². The molecule has 1 aliphatic heterocycles. The van der Waals surface area contributed by atoms with Crippen molar-refractivity contribution in [1.29, 1.82) is 0 Å². The van der Waals surface area contributed by atoms with Gasteiger partial charge in [0.05, 0.1) is 37.3 Å². The van der Waals surface area contributed by atoms with Gasteiger partial charge in [-0.3, -0.25) is 9.52 Å². The van der Waals surface area contributed by atoms with E-state index in [1.165, 1.54) is 52.8 Å². The number of hydrogen-bond acceptors (Lipinski definition) is 5. The van der Waals surface area contributed by atoms with Gasteiger partial charge in [-0.1, -0.05) is 52.5 Å². The molecule has 208 valence electrons. The number of hydrogen-bond donors (Lipinski definition) is 2. The first kappa shape index (κ1) is 29.9. The maximum Gasteiger partial charge on any atom is 0.261 e. The van der Waals surface area contributed by atoms with Crippen molar-refractivity contribution >= 4 is 83.7 Å². The summed E-state index contributed by atoms with van der Waals surface area (Å²) in [6.07, 6.45) is 1.04. The number of halogens is 4. The van der Waals surface area contributed by atoms with Crippen molar-refractivity contribution in [3.63, 3.8) is 0 Å². The Hall–Kier alpha value is -2.05. The largest absolute Gasteiger partial charge is 0.326 e. The highest BCUT2D eigenvalue weighted by Gasteiger charge is 2.32. The average molecular weight is 651 g/mol. The standard InChI is InChI=1S/C25H23Cl4N3O5S2/c26-18-4-10-24(23(29)13-18)31-39(36,37)20-7-5-19(6-8-20)30-25(33)17-2-1-11-32(14-17)38(34,35)15-16-3-9-21(27)22(28)12-16/h3-10,12-13,17,31H,1-2,11,14-15H2,(H,30,33)/t17-/m0/s1. The number of amides is 1. The predicted molar refractivity (Wildman–Crippen MR) is 156 cm³/mol. The third-order valence-electron chi connectivity index (χ3n) is 6.09. The molecule has 0 radical (unpaired) electrons.